The van der Waals surface area contributed by atoms with Crippen molar-refractivity contribution in [1.82, 2.24) is 9.55 Å². The molecule has 0 amide bonds. The summed E-state index contributed by atoms with van der Waals surface area (Å²) in [5, 5.41) is 8.95. The molecule has 0 fully saturated rings. The molecular formula is C14H17N3S. The van der Waals surface area contributed by atoms with Crippen molar-refractivity contribution in [1.29, 1.82) is 5.26 Å². The molecule has 18 heavy (non-hydrogen) atoms. The first-order chi connectivity index (χ1) is 8.47. The third-order valence-corrected chi connectivity index (χ3v) is 3.34. The molecule has 0 aliphatic heterocycles. The molecule has 0 aliphatic carbocycles. The van der Waals surface area contributed by atoms with Crippen molar-refractivity contribution in [3.05, 3.63) is 29.6 Å². The second-order valence-electron chi connectivity index (χ2n) is 5.28. The van der Waals surface area contributed by atoms with Crippen molar-refractivity contribution in [2.24, 2.45) is 0 Å². The quantitative estimate of drug-likeness (QED) is 0.828. The van der Waals surface area contributed by atoms with Crippen molar-refractivity contribution >= 4 is 22.8 Å². The first-order valence-electron chi connectivity index (χ1n) is 5.88. The largest absolute Gasteiger partial charge is 0.322 e. The zero-order chi connectivity index (χ0) is 13.3. The molecule has 1 aromatic heterocycles. The van der Waals surface area contributed by atoms with E-state index in [9.17, 15) is 0 Å². The van der Waals surface area contributed by atoms with Gasteiger partial charge in [-0.25, -0.2) is 4.98 Å². The molecule has 2 aromatic rings. The van der Waals surface area contributed by atoms with Gasteiger partial charge in [-0.15, -0.1) is 0 Å². The molecule has 0 atom stereocenters. The lowest BCUT2D eigenvalue weighted by Crippen LogP contribution is -2.23. The number of imidazole rings is 1. The van der Waals surface area contributed by atoms with E-state index >= 15 is 0 Å². The Bertz CT molecular complexity index is 614. The number of benzene rings is 1. The molecule has 0 saturated carbocycles. The Kier molecular flexibility index (Phi) is 3.36. The Labute approximate surface area is 112 Å². The highest BCUT2D eigenvalue weighted by Gasteiger charge is 2.21. The summed E-state index contributed by atoms with van der Waals surface area (Å²) in [7, 11) is 0. The topological polar surface area (TPSA) is 41.6 Å². The molecule has 0 N–H and O–H groups in total. The maximum Gasteiger partial charge on any atom is 0.120 e. The van der Waals surface area contributed by atoms with Crippen LogP contribution in [0.2, 0.25) is 0 Å². The van der Waals surface area contributed by atoms with Gasteiger partial charge in [-0.05, 0) is 45.2 Å². The van der Waals surface area contributed by atoms with E-state index in [1.165, 1.54) is 0 Å². The van der Waals surface area contributed by atoms with Crippen molar-refractivity contribution in [3.8, 4) is 6.07 Å². The Morgan fingerprint density at radius 2 is 2.11 bits per heavy atom. The normalized spacial score (nSPS) is 11.7. The summed E-state index contributed by atoms with van der Waals surface area (Å²) in [6.07, 6.45) is 2.08. The summed E-state index contributed by atoms with van der Waals surface area (Å²) in [5.74, 6) is 1.95. The van der Waals surface area contributed by atoms with Crippen molar-refractivity contribution in [3.63, 3.8) is 0 Å². The molecule has 2 rings (SSSR count). The van der Waals surface area contributed by atoms with Gasteiger partial charge in [-0.2, -0.15) is 17.0 Å². The smallest absolute Gasteiger partial charge is 0.120 e. The van der Waals surface area contributed by atoms with Crippen LogP contribution in [0.4, 0.5) is 0 Å². The van der Waals surface area contributed by atoms with E-state index in [-0.39, 0.29) is 5.54 Å². The van der Waals surface area contributed by atoms with Gasteiger partial charge in [0.15, 0.2) is 0 Å². The Morgan fingerprint density at radius 1 is 1.39 bits per heavy atom. The molecule has 94 valence electrons. The van der Waals surface area contributed by atoms with Gasteiger partial charge in [-0.3, -0.25) is 0 Å². The Morgan fingerprint density at radius 3 is 2.67 bits per heavy atom. The van der Waals surface area contributed by atoms with Crippen LogP contribution in [-0.4, -0.2) is 15.8 Å². The lowest BCUT2D eigenvalue weighted by molar-refractivity contribution is 0.399. The van der Waals surface area contributed by atoms with Gasteiger partial charge in [0.25, 0.3) is 0 Å². The molecule has 0 spiro atoms. The predicted octanol–water partition coefficient (Wildman–Crippen LogP) is 3.53. The van der Waals surface area contributed by atoms with Gasteiger partial charge >= 0.3 is 0 Å². The molecule has 0 unspecified atom stereocenters. The molecule has 1 heterocycles. The zero-order valence-electron chi connectivity index (χ0n) is 11.2. The average Bonchev–Trinajstić information content (AvgIpc) is 2.65. The number of aromatic nitrogens is 2. The number of nitrogens with zero attached hydrogens (tertiary/aromatic N) is 3. The van der Waals surface area contributed by atoms with Crippen LogP contribution in [0, 0.1) is 11.3 Å². The van der Waals surface area contributed by atoms with Gasteiger partial charge < -0.3 is 4.57 Å². The van der Waals surface area contributed by atoms with Crippen LogP contribution < -0.4 is 0 Å². The van der Waals surface area contributed by atoms with Crippen LogP contribution in [0.25, 0.3) is 11.0 Å². The van der Waals surface area contributed by atoms with E-state index in [1.54, 1.807) is 11.8 Å². The number of hydrogen-bond acceptors (Lipinski definition) is 3. The average molecular weight is 259 g/mol. The van der Waals surface area contributed by atoms with E-state index in [1.807, 2.05) is 18.2 Å². The van der Waals surface area contributed by atoms with Crippen LogP contribution >= 0.6 is 11.8 Å². The molecule has 3 nitrogen and oxygen atoms in total. The number of thioether (sulfide) groups is 1. The lowest BCUT2D eigenvalue weighted by atomic mass is 10.1. The third kappa shape index (κ3) is 2.23. The predicted molar refractivity (Wildman–Crippen MR) is 76.7 cm³/mol. The molecule has 0 radical (unpaired) electrons. The van der Waals surface area contributed by atoms with Gasteiger partial charge in [-0.1, -0.05) is 0 Å². The molecule has 0 saturated heterocycles. The van der Waals surface area contributed by atoms with Crippen molar-refractivity contribution in [2.75, 3.05) is 6.26 Å². The van der Waals surface area contributed by atoms with E-state index in [0.29, 0.717) is 5.56 Å². The first kappa shape index (κ1) is 13.0. The summed E-state index contributed by atoms with van der Waals surface area (Å²) >= 11 is 1.76. The van der Waals surface area contributed by atoms with E-state index in [4.69, 9.17) is 5.26 Å². The summed E-state index contributed by atoms with van der Waals surface area (Å²) in [5.41, 5.74) is 2.67. The molecule has 1 aromatic carbocycles. The van der Waals surface area contributed by atoms with Crippen LogP contribution in [0.15, 0.2) is 18.2 Å². The van der Waals surface area contributed by atoms with E-state index in [0.717, 1.165) is 22.6 Å². The molecular weight excluding hydrogens is 242 g/mol. The van der Waals surface area contributed by atoms with Crippen LogP contribution in [-0.2, 0) is 11.3 Å². The highest BCUT2D eigenvalue weighted by atomic mass is 32.2. The number of nitriles is 1. The number of hydrogen-bond donors (Lipinski definition) is 0. The van der Waals surface area contributed by atoms with Gasteiger partial charge in [0.05, 0.1) is 28.4 Å². The van der Waals surface area contributed by atoms with Gasteiger partial charge in [0, 0.05) is 5.54 Å². The fourth-order valence-corrected chi connectivity index (χ4v) is 2.63. The molecule has 0 aliphatic rings. The molecule has 4 heteroatoms. The van der Waals surface area contributed by atoms with Crippen molar-refractivity contribution < 1.29 is 0 Å². The summed E-state index contributed by atoms with van der Waals surface area (Å²) < 4.78 is 2.26. The van der Waals surface area contributed by atoms with Gasteiger partial charge in [0.2, 0.25) is 0 Å². The van der Waals surface area contributed by atoms with Crippen LogP contribution in [0.1, 0.15) is 32.2 Å². The Hall–Kier alpha value is -1.47. The fraction of sp³-hybridized carbons (Fsp3) is 0.429. The Balaban J connectivity index is 2.72. The number of fused-ring (bicyclic) bond motifs is 1. The fourth-order valence-electron chi connectivity index (χ4n) is 2.17. The highest BCUT2D eigenvalue weighted by molar-refractivity contribution is 7.97. The SMILES string of the molecule is CSCc1nc2cc(C#N)ccc2n1C(C)(C)C. The third-order valence-electron chi connectivity index (χ3n) is 2.80. The van der Waals surface area contributed by atoms with E-state index < -0.39 is 0 Å². The monoisotopic (exact) mass is 259 g/mol. The maximum absolute atomic E-state index is 8.95. The molecule has 0 bridgehead atoms. The minimum Gasteiger partial charge on any atom is -0.322 e. The summed E-state index contributed by atoms with van der Waals surface area (Å²) in [4.78, 5) is 4.67. The zero-order valence-corrected chi connectivity index (χ0v) is 12.0. The van der Waals surface area contributed by atoms with E-state index in [2.05, 4.69) is 42.6 Å². The second-order valence-corrected chi connectivity index (χ2v) is 6.15. The van der Waals surface area contributed by atoms with Crippen LogP contribution in [0.5, 0.6) is 0 Å². The first-order valence-corrected chi connectivity index (χ1v) is 7.27. The minimum atomic E-state index is -0.00598. The standard InChI is InChI=1S/C14H17N3S/c1-14(2,3)17-12-6-5-10(8-15)7-11(12)16-13(17)9-18-4/h5-7H,9H2,1-4H3. The summed E-state index contributed by atoms with van der Waals surface area (Å²) in [6.45, 7) is 6.53. The lowest BCUT2D eigenvalue weighted by Gasteiger charge is -2.24. The summed E-state index contributed by atoms with van der Waals surface area (Å²) in [6, 6.07) is 7.88. The van der Waals surface area contributed by atoms with Crippen molar-refractivity contribution in [2.45, 2.75) is 32.1 Å². The van der Waals surface area contributed by atoms with Gasteiger partial charge in [0.1, 0.15) is 5.82 Å². The number of rotatable bonds is 2. The maximum atomic E-state index is 8.95. The van der Waals surface area contributed by atoms with Crippen LogP contribution in [0.3, 0.4) is 0 Å². The minimum absolute atomic E-state index is 0.00598. The highest BCUT2D eigenvalue weighted by Crippen LogP contribution is 2.27. The second kappa shape index (κ2) is 4.66.